The molecule has 174 valence electrons. The van der Waals surface area contributed by atoms with Gasteiger partial charge in [-0.1, -0.05) is 57.1 Å². The minimum absolute atomic E-state index is 0.175. The molecule has 0 radical (unpaired) electrons. The number of aliphatic carboxylic acids is 1. The monoisotopic (exact) mass is 457 g/mol. The highest BCUT2D eigenvalue weighted by atomic mass is 16.5. The van der Waals surface area contributed by atoms with Crippen LogP contribution in [0.15, 0.2) is 65.2 Å². The number of fused-ring (bicyclic) bond motifs is 2. The highest BCUT2D eigenvalue weighted by molar-refractivity contribution is 5.92. The van der Waals surface area contributed by atoms with E-state index < -0.39 is 11.6 Å². The van der Waals surface area contributed by atoms with E-state index in [2.05, 4.69) is 43.3 Å². The Morgan fingerprint density at radius 1 is 1.00 bits per heavy atom. The summed E-state index contributed by atoms with van der Waals surface area (Å²) in [6.07, 6.45) is 0.298. The van der Waals surface area contributed by atoms with Crippen LogP contribution < -0.4 is 9.47 Å². The number of nitrogens with zero attached hydrogens (tertiary/aromatic N) is 1. The number of carboxylic acids is 1. The minimum Gasteiger partial charge on any atom is -0.478 e. The van der Waals surface area contributed by atoms with E-state index >= 15 is 0 Å². The van der Waals surface area contributed by atoms with Crippen molar-refractivity contribution >= 4 is 16.9 Å². The Morgan fingerprint density at radius 2 is 1.71 bits per heavy atom. The Bertz CT molecular complexity index is 1370. The molecule has 0 aliphatic carbocycles. The molecule has 0 saturated carbocycles. The van der Waals surface area contributed by atoms with Crippen molar-refractivity contribution in [1.82, 2.24) is 5.16 Å². The molecule has 1 aromatic heterocycles. The SMILES string of the molecule is CC(C)c1ccc(-c2noc3cc(Oc4ccc5c(c4)C[C@](C(=O)O)(C(C)C)O5)ccc23)cc1. The van der Waals surface area contributed by atoms with Crippen LogP contribution in [0.1, 0.15) is 44.7 Å². The van der Waals surface area contributed by atoms with Gasteiger partial charge in [-0.25, -0.2) is 4.79 Å². The summed E-state index contributed by atoms with van der Waals surface area (Å²) in [7, 11) is 0. The van der Waals surface area contributed by atoms with Crippen molar-refractivity contribution in [2.24, 2.45) is 5.92 Å². The third kappa shape index (κ3) is 3.69. The molecule has 1 atom stereocenters. The fourth-order valence-corrected chi connectivity index (χ4v) is 4.41. The van der Waals surface area contributed by atoms with Gasteiger partial charge in [-0.15, -0.1) is 0 Å². The first kappa shape index (κ1) is 22.0. The van der Waals surface area contributed by atoms with Gasteiger partial charge in [-0.3, -0.25) is 0 Å². The van der Waals surface area contributed by atoms with Crippen molar-refractivity contribution in [3.63, 3.8) is 0 Å². The molecule has 1 aliphatic rings. The number of carbonyl (C=O) groups is 1. The number of hydrogen-bond donors (Lipinski definition) is 1. The number of aromatic nitrogens is 1. The van der Waals surface area contributed by atoms with Crippen LogP contribution in [0.2, 0.25) is 0 Å². The number of ether oxygens (including phenoxy) is 2. The van der Waals surface area contributed by atoms with Crippen molar-refractivity contribution in [2.75, 3.05) is 0 Å². The van der Waals surface area contributed by atoms with Crippen molar-refractivity contribution in [2.45, 2.75) is 45.6 Å². The maximum absolute atomic E-state index is 11.9. The zero-order chi connectivity index (χ0) is 24.0. The number of hydrogen-bond acceptors (Lipinski definition) is 5. The van der Waals surface area contributed by atoms with Gasteiger partial charge >= 0.3 is 5.97 Å². The first-order valence-electron chi connectivity index (χ1n) is 11.5. The minimum atomic E-state index is -1.25. The Morgan fingerprint density at radius 3 is 2.38 bits per heavy atom. The molecule has 0 fully saturated rings. The highest BCUT2D eigenvalue weighted by Gasteiger charge is 2.49. The lowest BCUT2D eigenvalue weighted by molar-refractivity contribution is -0.157. The zero-order valence-corrected chi connectivity index (χ0v) is 19.7. The van der Waals surface area contributed by atoms with Crippen molar-refractivity contribution < 1.29 is 23.9 Å². The Balaban J connectivity index is 1.38. The van der Waals surface area contributed by atoms with Gasteiger partial charge in [0.05, 0.1) is 0 Å². The largest absolute Gasteiger partial charge is 0.478 e. The molecule has 1 aliphatic heterocycles. The summed E-state index contributed by atoms with van der Waals surface area (Å²) in [4.78, 5) is 11.9. The van der Waals surface area contributed by atoms with E-state index in [1.807, 2.05) is 38.1 Å². The first-order valence-corrected chi connectivity index (χ1v) is 11.5. The molecule has 0 unspecified atom stereocenters. The molecule has 0 spiro atoms. The summed E-state index contributed by atoms with van der Waals surface area (Å²) in [5, 5.41) is 15.0. The average molecular weight is 458 g/mol. The third-order valence-electron chi connectivity index (χ3n) is 6.60. The van der Waals surface area contributed by atoms with Crippen LogP contribution in [0, 0.1) is 5.92 Å². The van der Waals surface area contributed by atoms with Crippen LogP contribution in [-0.4, -0.2) is 21.8 Å². The van der Waals surface area contributed by atoms with Gasteiger partial charge in [0.25, 0.3) is 0 Å². The Kier molecular flexibility index (Phi) is 5.31. The Hall–Kier alpha value is -3.80. The van der Waals surface area contributed by atoms with Gasteiger partial charge in [0.1, 0.15) is 22.9 Å². The predicted octanol–water partition coefficient (Wildman–Crippen LogP) is 6.82. The summed E-state index contributed by atoms with van der Waals surface area (Å²) >= 11 is 0. The summed E-state index contributed by atoms with van der Waals surface area (Å²) in [5.74, 6) is 1.15. The fraction of sp³-hybridized carbons (Fsp3) is 0.286. The van der Waals surface area contributed by atoms with Crippen LogP contribution in [0.4, 0.5) is 0 Å². The van der Waals surface area contributed by atoms with Gasteiger partial charge in [-0.05, 0) is 41.8 Å². The molecule has 5 rings (SSSR count). The van der Waals surface area contributed by atoms with Gasteiger partial charge in [0, 0.05) is 34.9 Å². The molecule has 6 nitrogen and oxygen atoms in total. The summed E-state index contributed by atoms with van der Waals surface area (Å²) in [5.41, 5.74) is 3.29. The molecule has 2 heterocycles. The average Bonchev–Trinajstić information content (AvgIpc) is 3.41. The molecule has 0 saturated heterocycles. The quantitative estimate of drug-likeness (QED) is 0.342. The van der Waals surface area contributed by atoms with Crippen LogP contribution in [-0.2, 0) is 11.2 Å². The van der Waals surface area contributed by atoms with Crippen molar-refractivity contribution in [1.29, 1.82) is 0 Å². The molecular weight excluding hydrogens is 430 g/mol. The fourth-order valence-electron chi connectivity index (χ4n) is 4.41. The molecular formula is C28H27NO5. The lowest BCUT2D eigenvalue weighted by atomic mass is 9.86. The topological polar surface area (TPSA) is 81.8 Å². The first-order chi connectivity index (χ1) is 16.3. The second kappa shape index (κ2) is 8.20. The molecule has 3 aromatic carbocycles. The third-order valence-corrected chi connectivity index (χ3v) is 6.60. The van der Waals surface area contributed by atoms with Crippen LogP contribution in [0.25, 0.3) is 22.2 Å². The maximum Gasteiger partial charge on any atom is 0.348 e. The standard InChI is InChI=1S/C28H27NO5/c1-16(2)18-5-7-19(8-6-18)26-23-11-9-22(14-25(23)34-29-26)32-21-10-12-24-20(13-21)15-28(33-24,17(3)4)27(30)31/h5-14,16-17H,15H2,1-4H3,(H,30,31)/t28-/m1/s1. The van der Waals surface area contributed by atoms with E-state index in [0.29, 0.717) is 35.2 Å². The second-order valence-corrected chi connectivity index (χ2v) is 9.47. The lowest BCUT2D eigenvalue weighted by Gasteiger charge is -2.27. The van der Waals surface area contributed by atoms with E-state index in [1.165, 1.54) is 5.56 Å². The zero-order valence-electron chi connectivity index (χ0n) is 19.7. The molecule has 0 bridgehead atoms. The Labute approximate surface area is 198 Å². The maximum atomic E-state index is 11.9. The molecule has 0 amide bonds. The van der Waals surface area contributed by atoms with E-state index in [1.54, 1.807) is 12.1 Å². The lowest BCUT2D eigenvalue weighted by Crippen LogP contribution is -2.48. The van der Waals surface area contributed by atoms with Crippen LogP contribution >= 0.6 is 0 Å². The van der Waals surface area contributed by atoms with Gasteiger partial charge in [0.2, 0.25) is 5.60 Å². The molecule has 1 N–H and O–H groups in total. The summed E-state index contributed by atoms with van der Waals surface area (Å²) in [6, 6.07) is 19.4. The number of benzene rings is 3. The van der Waals surface area contributed by atoms with Gasteiger partial charge in [0.15, 0.2) is 5.58 Å². The smallest absolute Gasteiger partial charge is 0.348 e. The van der Waals surface area contributed by atoms with E-state index in [4.69, 9.17) is 14.0 Å². The van der Waals surface area contributed by atoms with Crippen molar-refractivity contribution in [3.05, 3.63) is 71.8 Å². The van der Waals surface area contributed by atoms with E-state index in [-0.39, 0.29) is 5.92 Å². The predicted molar refractivity (Wildman–Crippen MR) is 130 cm³/mol. The number of carboxylic acid groups (broad SMARTS) is 1. The second-order valence-electron chi connectivity index (χ2n) is 9.47. The van der Waals surface area contributed by atoms with Crippen molar-refractivity contribution in [3.8, 4) is 28.5 Å². The number of rotatable bonds is 6. The van der Waals surface area contributed by atoms with Gasteiger partial charge < -0.3 is 19.1 Å². The molecule has 34 heavy (non-hydrogen) atoms. The summed E-state index contributed by atoms with van der Waals surface area (Å²) < 4.78 is 17.5. The van der Waals surface area contributed by atoms with Crippen LogP contribution in [0.3, 0.4) is 0 Å². The normalized spacial score (nSPS) is 17.2. The van der Waals surface area contributed by atoms with E-state index in [0.717, 1.165) is 22.2 Å². The highest BCUT2D eigenvalue weighted by Crippen LogP contribution is 2.42. The molecule has 6 heteroatoms. The van der Waals surface area contributed by atoms with E-state index in [9.17, 15) is 9.90 Å². The van der Waals surface area contributed by atoms with Crippen LogP contribution in [0.5, 0.6) is 17.2 Å². The van der Waals surface area contributed by atoms with Gasteiger partial charge in [-0.2, -0.15) is 0 Å². The molecule has 4 aromatic rings. The summed E-state index contributed by atoms with van der Waals surface area (Å²) in [6.45, 7) is 8.06.